The highest BCUT2D eigenvalue weighted by atomic mass is 16.6. The van der Waals surface area contributed by atoms with E-state index in [2.05, 4.69) is 13.2 Å². The molecule has 0 aromatic heterocycles. The maximum atomic E-state index is 10.5. The summed E-state index contributed by atoms with van der Waals surface area (Å²) in [4.78, 5) is 10.1. The van der Waals surface area contributed by atoms with E-state index in [-0.39, 0.29) is 5.69 Å². The molecule has 0 amide bonds. The van der Waals surface area contributed by atoms with Crippen molar-refractivity contribution in [1.29, 1.82) is 0 Å². The van der Waals surface area contributed by atoms with Gasteiger partial charge < -0.3 is 4.74 Å². The Balaban J connectivity index is 3.03. The Bertz CT molecular complexity index is 399. The molecule has 0 spiro atoms. The molecular weight excluding hydrogens is 194 g/mol. The molecule has 15 heavy (non-hydrogen) atoms. The largest absolute Gasteiger partial charge is 0.489 e. The topological polar surface area (TPSA) is 52.4 Å². The summed E-state index contributed by atoms with van der Waals surface area (Å²) >= 11 is 0. The van der Waals surface area contributed by atoms with Gasteiger partial charge in [0, 0.05) is 17.7 Å². The Labute approximate surface area is 87.6 Å². The molecule has 0 aliphatic heterocycles. The molecule has 0 fully saturated rings. The van der Waals surface area contributed by atoms with E-state index >= 15 is 0 Å². The Morgan fingerprint density at radius 2 is 2.20 bits per heavy atom. The molecule has 78 valence electrons. The van der Waals surface area contributed by atoms with Crippen LogP contribution in [-0.2, 0) is 0 Å². The van der Waals surface area contributed by atoms with E-state index in [1.807, 2.05) is 0 Å². The molecule has 0 unspecified atom stereocenters. The normalized spacial score (nSPS) is 9.33. The lowest BCUT2D eigenvalue weighted by Crippen LogP contribution is -1.96. The van der Waals surface area contributed by atoms with Crippen LogP contribution >= 0.6 is 0 Å². The predicted octanol–water partition coefficient (Wildman–Crippen LogP) is 2.80. The van der Waals surface area contributed by atoms with Gasteiger partial charge in [-0.15, -0.1) is 0 Å². The fraction of sp³-hybridized carbons (Fsp3) is 0.0909. The number of nitrogens with zero attached hydrogens (tertiary/aromatic N) is 1. The number of hydrogen-bond acceptors (Lipinski definition) is 3. The van der Waals surface area contributed by atoms with Gasteiger partial charge in [-0.25, -0.2) is 0 Å². The van der Waals surface area contributed by atoms with E-state index in [4.69, 9.17) is 4.74 Å². The monoisotopic (exact) mass is 205 g/mol. The van der Waals surface area contributed by atoms with Crippen LogP contribution in [0.4, 0.5) is 5.69 Å². The van der Waals surface area contributed by atoms with E-state index in [1.165, 1.54) is 18.2 Å². The number of non-ortho nitro benzene ring substituents is 1. The van der Waals surface area contributed by atoms with Gasteiger partial charge in [-0.05, 0) is 6.07 Å². The van der Waals surface area contributed by atoms with E-state index < -0.39 is 4.92 Å². The molecule has 4 heteroatoms. The fourth-order valence-electron chi connectivity index (χ4n) is 1.09. The molecule has 0 atom stereocenters. The molecule has 0 bridgehead atoms. The number of nitro groups is 1. The van der Waals surface area contributed by atoms with Gasteiger partial charge in [-0.1, -0.05) is 25.3 Å². The van der Waals surface area contributed by atoms with Gasteiger partial charge in [0.15, 0.2) is 0 Å². The fourth-order valence-corrected chi connectivity index (χ4v) is 1.09. The lowest BCUT2D eigenvalue weighted by Gasteiger charge is -2.06. The van der Waals surface area contributed by atoms with Crippen molar-refractivity contribution in [3.05, 3.63) is 53.1 Å². The maximum Gasteiger partial charge on any atom is 0.270 e. The van der Waals surface area contributed by atoms with Crippen molar-refractivity contribution in [3.63, 3.8) is 0 Å². The first-order valence-electron chi connectivity index (χ1n) is 4.33. The second-order valence-electron chi connectivity index (χ2n) is 2.78. The summed E-state index contributed by atoms with van der Waals surface area (Å²) in [5.41, 5.74) is 0.627. The number of ether oxygens (including phenoxy) is 1. The minimum absolute atomic E-state index is 0.0239. The summed E-state index contributed by atoms with van der Waals surface area (Å²) < 4.78 is 5.30. The zero-order valence-corrected chi connectivity index (χ0v) is 8.18. The van der Waals surface area contributed by atoms with Crippen LogP contribution in [0.5, 0.6) is 5.75 Å². The molecule has 0 aliphatic carbocycles. The molecular formula is C11H11NO3. The number of benzene rings is 1. The molecule has 1 aromatic carbocycles. The number of rotatable bonds is 5. The SMILES string of the molecule is C=CCOc1ccc([N+](=O)[O-])cc1C=C. The van der Waals surface area contributed by atoms with Crippen molar-refractivity contribution < 1.29 is 9.66 Å². The summed E-state index contributed by atoms with van der Waals surface area (Å²) in [7, 11) is 0. The zero-order chi connectivity index (χ0) is 11.3. The molecule has 1 rings (SSSR count). The molecule has 0 aliphatic rings. The minimum atomic E-state index is -0.454. The summed E-state index contributed by atoms with van der Waals surface area (Å²) in [6.07, 6.45) is 3.12. The van der Waals surface area contributed by atoms with Crippen LogP contribution in [0.1, 0.15) is 5.56 Å². The Morgan fingerprint density at radius 3 is 2.73 bits per heavy atom. The molecule has 0 N–H and O–H groups in total. The predicted molar refractivity (Wildman–Crippen MR) is 58.9 cm³/mol. The first-order chi connectivity index (χ1) is 7.19. The average molecular weight is 205 g/mol. The van der Waals surface area contributed by atoms with E-state index in [1.54, 1.807) is 12.1 Å². The van der Waals surface area contributed by atoms with Crippen molar-refractivity contribution in [1.82, 2.24) is 0 Å². The van der Waals surface area contributed by atoms with Crippen LogP contribution in [-0.4, -0.2) is 11.5 Å². The number of nitro benzene ring substituents is 1. The van der Waals surface area contributed by atoms with Crippen LogP contribution in [0.25, 0.3) is 6.08 Å². The molecule has 0 saturated heterocycles. The highest BCUT2D eigenvalue weighted by molar-refractivity contribution is 5.59. The summed E-state index contributed by atoms with van der Waals surface area (Å²) in [5, 5.41) is 10.5. The van der Waals surface area contributed by atoms with Crippen molar-refractivity contribution >= 4 is 11.8 Å². The first kappa shape index (κ1) is 11.0. The smallest absolute Gasteiger partial charge is 0.270 e. The standard InChI is InChI=1S/C11H11NO3/c1-3-7-15-11-6-5-10(12(13)14)8-9(11)4-2/h3-6,8H,1-2,7H2. The van der Waals surface area contributed by atoms with Crippen LogP contribution < -0.4 is 4.74 Å². The minimum Gasteiger partial charge on any atom is -0.489 e. The van der Waals surface area contributed by atoms with E-state index in [0.717, 1.165) is 0 Å². The quantitative estimate of drug-likeness (QED) is 0.422. The second kappa shape index (κ2) is 4.95. The lowest BCUT2D eigenvalue weighted by atomic mass is 10.2. The molecule has 0 radical (unpaired) electrons. The van der Waals surface area contributed by atoms with Gasteiger partial charge in [0.1, 0.15) is 12.4 Å². The van der Waals surface area contributed by atoms with Crippen LogP contribution in [0, 0.1) is 10.1 Å². The highest BCUT2D eigenvalue weighted by Gasteiger charge is 2.09. The molecule has 1 aromatic rings. The van der Waals surface area contributed by atoms with Crippen LogP contribution in [0.15, 0.2) is 37.4 Å². The molecule has 4 nitrogen and oxygen atoms in total. The molecule has 0 heterocycles. The molecule has 0 saturated carbocycles. The van der Waals surface area contributed by atoms with Crippen LogP contribution in [0.2, 0.25) is 0 Å². The van der Waals surface area contributed by atoms with Crippen molar-refractivity contribution in [2.75, 3.05) is 6.61 Å². The highest BCUT2D eigenvalue weighted by Crippen LogP contribution is 2.24. The Kier molecular flexibility index (Phi) is 3.62. The summed E-state index contributed by atoms with van der Waals surface area (Å²) in [6.45, 7) is 7.45. The van der Waals surface area contributed by atoms with Gasteiger partial charge in [-0.2, -0.15) is 0 Å². The van der Waals surface area contributed by atoms with Gasteiger partial charge >= 0.3 is 0 Å². The Hall–Kier alpha value is -2.10. The van der Waals surface area contributed by atoms with Crippen molar-refractivity contribution in [2.24, 2.45) is 0 Å². The van der Waals surface area contributed by atoms with Gasteiger partial charge in [-0.3, -0.25) is 10.1 Å². The van der Waals surface area contributed by atoms with Gasteiger partial charge in [0.05, 0.1) is 4.92 Å². The maximum absolute atomic E-state index is 10.5. The summed E-state index contributed by atoms with van der Waals surface area (Å²) in [6, 6.07) is 4.37. The lowest BCUT2D eigenvalue weighted by molar-refractivity contribution is -0.384. The number of hydrogen-bond donors (Lipinski definition) is 0. The van der Waals surface area contributed by atoms with Gasteiger partial charge in [0.25, 0.3) is 5.69 Å². The first-order valence-corrected chi connectivity index (χ1v) is 4.33. The average Bonchev–Trinajstić information content (AvgIpc) is 2.25. The third kappa shape index (κ3) is 2.67. The van der Waals surface area contributed by atoms with Crippen molar-refractivity contribution in [2.45, 2.75) is 0 Å². The van der Waals surface area contributed by atoms with Crippen molar-refractivity contribution in [3.8, 4) is 5.75 Å². The second-order valence-corrected chi connectivity index (χ2v) is 2.78. The van der Waals surface area contributed by atoms with Gasteiger partial charge in [0.2, 0.25) is 0 Å². The zero-order valence-electron chi connectivity index (χ0n) is 8.18. The summed E-state index contributed by atoms with van der Waals surface area (Å²) in [5.74, 6) is 0.565. The van der Waals surface area contributed by atoms with Crippen LogP contribution in [0.3, 0.4) is 0 Å². The van der Waals surface area contributed by atoms with E-state index in [9.17, 15) is 10.1 Å². The van der Waals surface area contributed by atoms with E-state index in [0.29, 0.717) is 17.9 Å². The third-order valence-corrected chi connectivity index (χ3v) is 1.78. The third-order valence-electron chi connectivity index (χ3n) is 1.78. The Morgan fingerprint density at radius 1 is 1.47 bits per heavy atom.